The molecule has 0 heterocycles. The Morgan fingerprint density at radius 1 is 1.14 bits per heavy atom. The van der Waals surface area contributed by atoms with E-state index in [9.17, 15) is 4.21 Å². The molecule has 14 heavy (non-hydrogen) atoms. The van der Waals surface area contributed by atoms with Gasteiger partial charge in [0.15, 0.2) is 0 Å². The van der Waals surface area contributed by atoms with Crippen molar-refractivity contribution in [1.82, 2.24) is 0 Å². The van der Waals surface area contributed by atoms with E-state index < -0.39 is 10.8 Å². The van der Waals surface area contributed by atoms with E-state index in [0.717, 1.165) is 24.3 Å². The molecule has 0 bridgehead atoms. The minimum Gasteiger partial charge on any atom is -0.330 e. The van der Waals surface area contributed by atoms with Crippen LogP contribution in [0.25, 0.3) is 0 Å². The average Bonchev–Trinajstić information content (AvgIpc) is 2.25. The second-order valence-corrected chi connectivity index (χ2v) is 4.92. The molecule has 0 saturated carbocycles. The average molecular weight is 211 g/mol. The van der Waals surface area contributed by atoms with Crippen molar-refractivity contribution < 1.29 is 4.21 Å². The summed E-state index contributed by atoms with van der Waals surface area (Å²) in [6.45, 7) is 0.636. The number of hydrogen-bond donors (Lipinski definition) is 1. The molecule has 0 saturated heterocycles. The summed E-state index contributed by atoms with van der Waals surface area (Å²) >= 11 is 0. The van der Waals surface area contributed by atoms with Crippen LogP contribution in [-0.2, 0) is 17.2 Å². The zero-order valence-electron chi connectivity index (χ0n) is 8.32. The van der Waals surface area contributed by atoms with Gasteiger partial charge in [-0.15, -0.1) is 0 Å². The molecule has 0 spiro atoms. The molecular weight excluding hydrogens is 194 g/mol. The topological polar surface area (TPSA) is 43.1 Å². The van der Waals surface area contributed by atoms with Crippen LogP contribution in [0.15, 0.2) is 30.3 Å². The molecule has 2 N–H and O–H groups in total. The summed E-state index contributed by atoms with van der Waals surface area (Å²) in [7, 11) is -0.700. The van der Waals surface area contributed by atoms with E-state index in [4.69, 9.17) is 5.73 Å². The molecule has 0 amide bonds. The van der Waals surface area contributed by atoms with E-state index >= 15 is 0 Å². The van der Waals surface area contributed by atoms with Gasteiger partial charge in [0, 0.05) is 22.3 Å². The molecule has 1 unspecified atom stereocenters. The monoisotopic (exact) mass is 211 g/mol. The highest BCUT2D eigenvalue weighted by atomic mass is 32.2. The molecule has 2 nitrogen and oxygen atoms in total. The molecule has 0 fully saturated rings. The van der Waals surface area contributed by atoms with Gasteiger partial charge in [-0.3, -0.25) is 4.21 Å². The van der Waals surface area contributed by atoms with Crippen LogP contribution in [0.3, 0.4) is 0 Å². The number of nitrogens with two attached hydrogens (primary N) is 1. The largest absolute Gasteiger partial charge is 0.330 e. The highest BCUT2D eigenvalue weighted by Gasteiger charge is 1.99. The number of aryl methyl sites for hydroxylation is 1. The summed E-state index contributed by atoms with van der Waals surface area (Å²) in [6, 6.07) is 10.2. The second-order valence-electron chi connectivity index (χ2n) is 3.23. The van der Waals surface area contributed by atoms with Gasteiger partial charge >= 0.3 is 0 Å². The van der Waals surface area contributed by atoms with Crippen molar-refractivity contribution in [3.05, 3.63) is 35.9 Å². The Kier molecular flexibility index (Phi) is 5.49. The number of benzene rings is 1. The Morgan fingerprint density at radius 3 is 2.50 bits per heavy atom. The summed E-state index contributed by atoms with van der Waals surface area (Å²) in [6.07, 6.45) is 1.76. The number of hydrogen-bond acceptors (Lipinski definition) is 2. The quantitative estimate of drug-likeness (QED) is 0.771. The van der Waals surface area contributed by atoms with Gasteiger partial charge in [-0.1, -0.05) is 30.3 Å². The minimum atomic E-state index is -0.700. The molecule has 1 aromatic rings. The normalized spacial score (nSPS) is 12.6. The van der Waals surface area contributed by atoms with Crippen LogP contribution < -0.4 is 5.73 Å². The van der Waals surface area contributed by atoms with Crippen molar-refractivity contribution in [2.24, 2.45) is 5.73 Å². The van der Waals surface area contributed by atoms with Gasteiger partial charge in [-0.2, -0.15) is 0 Å². The van der Waals surface area contributed by atoms with Crippen LogP contribution in [0.5, 0.6) is 0 Å². The molecule has 0 aromatic heterocycles. The Balaban J connectivity index is 2.24. The third kappa shape index (κ3) is 4.53. The molecule has 78 valence electrons. The highest BCUT2D eigenvalue weighted by Crippen LogP contribution is 2.01. The van der Waals surface area contributed by atoms with Crippen LogP contribution in [0.4, 0.5) is 0 Å². The first kappa shape index (κ1) is 11.4. The van der Waals surface area contributed by atoms with Gasteiger partial charge in [0.05, 0.1) is 0 Å². The SMILES string of the molecule is NCCCS(=O)CCc1ccccc1. The van der Waals surface area contributed by atoms with Gasteiger partial charge in [0.1, 0.15) is 0 Å². The fraction of sp³-hybridized carbons (Fsp3) is 0.455. The van der Waals surface area contributed by atoms with Gasteiger partial charge in [0.2, 0.25) is 0 Å². The minimum absolute atomic E-state index is 0.636. The number of rotatable bonds is 6. The third-order valence-corrected chi connectivity index (χ3v) is 3.44. The lowest BCUT2D eigenvalue weighted by Gasteiger charge is -2.01. The van der Waals surface area contributed by atoms with E-state index in [1.807, 2.05) is 18.2 Å². The molecule has 0 aliphatic heterocycles. The lowest BCUT2D eigenvalue weighted by molar-refractivity contribution is 0.680. The summed E-state index contributed by atoms with van der Waals surface area (Å²) in [5, 5.41) is 0. The molecule has 3 heteroatoms. The van der Waals surface area contributed by atoms with Gasteiger partial charge in [0.25, 0.3) is 0 Å². The Bertz CT molecular complexity index is 274. The Labute approximate surface area is 88.0 Å². The molecule has 1 aromatic carbocycles. The predicted molar refractivity (Wildman–Crippen MR) is 61.7 cm³/mol. The summed E-state index contributed by atoms with van der Waals surface area (Å²) in [5.41, 5.74) is 6.61. The summed E-state index contributed by atoms with van der Waals surface area (Å²) in [5.74, 6) is 1.49. The lowest BCUT2D eigenvalue weighted by Crippen LogP contribution is -2.09. The lowest BCUT2D eigenvalue weighted by atomic mass is 10.2. The van der Waals surface area contributed by atoms with Crippen LogP contribution >= 0.6 is 0 Å². The second kappa shape index (κ2) is 6.74. The fourth-order valence-electron chi connectivity index (χ4n) is 1.22. The van der Waals surface area contributed by atoms with Crippen molar-refractivity contribution in [3.63, 3.8) is 0 Å². The summed E-state index contributed by atoms with van der Waals surface area (Å²) in [4.78, 5) is 0. The molecule has 1 atom stereocenters. The van der Waals surface area contributed by atoms with Crippen LogP contribution in [0.1, 0.15) is 12.0 Å². The van der Waals surface area contributed by atoms with Crippen LogP contribution in [0, 0.1) is 0 Å². The zero-order valence-corrected chi connectivity index (χ0v) is 9.13. The Hall–Kier alpha value is -0.670. The Morgan fingerprint density at radius 2 is 1.86 bits per heavy atom. The van der Waals surface area contributed by atoms with E-state index in [-0.39, 0.29) is 0 Å². The maximum absolute atomic E-state index is 11.4. The molecule has 1 rings (SSSR count). The maximum atomic E-state index is 11.4. The van der Waals surface area contributed by atoms with Crippen molar-refractivity contribution in [2.75, 3.05) is 18.1 Å². The van der Waals surface area contributed by atoms with Crippen molar-refractivity contribution in [3.8, 4) is 0 Å². The van der Waals surface area contributed by atoms with E-state index in [2.05, 4.69) is 12.1 Å². The summed E-state index contributed by atoms with van der Waals surface area (Å²) < 4.78 is 11.4. The van der Waals surface area contributed by atoms with Crippen LogP contribution in [-0.4, -0.2) is 22.3 Å². The van der Waals surface area contributed by atoms with Crippen molar-refractivity contribution >= 4 is 10.8 Å². The van der Waals surface area contributed by atoms with Gasteiger partial charge in [-0.25, -0.2) is 0 Å². The van der Waals surface area contributed by atoms with Crippen LogP contribution in [0.2, 0.25) is 0 Å². The fourth-order valence-corrected chi connectivity index (χ4v) is 2.38. The van der Waals surface area contributed by atoms with E-state index in [1.165, 1.54) is 5.56 Å². The molecular formula is C11H17NOS. The van der Waals surface area contributed by atoms with E-state index in [0.29, 0.717) is 6.54 Å². The smallest absolute Gasteiger partial charge is 0.0275 e. The zero-order chi connectivity index (χ0) is 10.2. The maximum Gasteiger partial charge on any atom is 0.0275 e. The molecule has 0 aliphatic rings. The van der Waals surface area contributed by atoms with Gasteiger partial charge in [-0.05, 0) is 24.9 Å². The first-order valence-electron chi connectivity index (χ1n) is 4.92. The van der Waals surface area contributed by atoms with Gasteiger partial charge < -0.3 is 5.73 Å². The first-order valence-corrected chi connectivity index (χ1v) is 6.40. The molecule has 0 radical (unpaired) electrons. The van der Waals surface area contributed by atoms with Crippen molar-refractivity contribution in [2.45, 2.75) is 12.8 Å². The predicted octanol–water partition coefficient (Wildman–Crippen LogP) is 1.33. The first-order chi connectivity index (χ1) is 6.83. The third-order valence-electron chi connectivity index (χ3n) is 2.04. The molecule has 0 aliphatic carbocycles. The highest BCUT2D eigenvalue weighted by molar-refractivity contribution is 7.84. The van der Waals surface area contributed by atoms with E-state index in [1.54, 1.807) is 0 Å². The standard InChI is InChI=1S/C11H17NOS/c12-8-4-9-14(13)10-7-11-5-2-1-3-6-11/h1-3,5-6H,4,7-10,12H2. The van der Waals surface area contributed by atoms with Crippen molar-refractivity contribution in [1.29, 1.82) is 0 Å².